The van der Waals surface area contributed by atoms with Gasteiger partial charge in [-0.25, -0.2) is 4.98 Å². The summed E-state index contributed by atoms with van der Waals surface area (Å²) in [4.78, 5) is 21.6. The van der Waals surface area contributed by atoms with Crippen molar-refractivity contribution >= 4 is 17.4 Å². The molecule has 1 amide bonds. The van der Waals surface area contributed by atoms with Gasteiger partial charge in [0.1, 0.15) is 5.82 Å². The van der Waals surface area contributed by atoms with Gasteiger partial charge in [0, 0.05) is 36.9 Å². The lowest BCUT2D eigenvalue weighted by Gasteiger charge is -2.32. The number of pyridine rings is 1. The first-order valence-electron chi connectivity index (χ1n) is 10.3. The zero-order valence-electron chi connectivity index (χ0n) is 16.9. The Kier molecular flexibility index (Phi) is 5.36. The highest BCUT2D eigenvalue weighted by molar-refractivity contribution is 6.07. The van der Waals surface area contributed by atoms with E-state index in [4.69, 9.17) is 0 Å². The van der Waals surface area contributed by atoms with Crippen LogP contribution >= 0.6 is 0 Å². The van der Waals surface area contributed by atoms with Gasteiger partial charge in [-0.05, 0) is 57.1 Å². The van der Waals surface area contributed by atoms with E-state index >= 15 is 0 Å². The molecule has 1 N–H and O–H groups in total. The predicted octanol–water partition coefficient (Wildman–Crippen LogP) is 3.82. The summed E-state index contributed by atoms with van der Waals surface area (Å²) in [5, 5.41) is 3.52. The highest BCUT2D eigenvalue weighted by atomic mass is 16.2. The Balaban J connectivity index is 1.41. The van der Waals surface area contributed by atoms with Crippen molar-refractivity contribution in [3.8, 4) is 0 Å². The molecule has 4 rings (SSSR count). The van der Waals surface area contributed by atoms with Crippen LogP contribution in [0.15, 0.2) is 42.6 Å². The largest absolute Gasteiger partial charge is 0.369 e. The summed E-state index contributed by atoms with van der Waals surface area (Å²) in [7, 11) is 4.30. The fraction of sp³-hybridized carbons (Fsp3) is 0.478. The summed E-state index contributed by atoms with van der Waals surface area (Å²) in [5.74, 6) is 0.882. The molecule has 1 aliphatic carbocycles. The second-order valence-corrected chi connectivity index (χ2v) is 8.57. The lowest BCUT2D eigenvalue weighted by atomic mass is 9.85. The fourth-order valence-electron chi connectivity index (χ4n) is 4.79. The lowest BCUT2D eigenvalue weighted by molar-refractivity contribution is 0.0989. The molecule has 0 atom stereocenters. The number of anilines is 2. The number of amides is 1. The summed E-state index contributed by atoms with van der Waals surface area (Å²) < 4.78 is 0. The minimum Gasteiger partial charge on any atom is -0.369 e. The minimum absolute atomic E-state index is 0.0314. The normalized spacial score (nSPS) is 17.8. The van der Waals surface area contributed by atoms with Crippen molar-refractivity contribution in [1.82, 2.24) is 9.88 Å². The van der Waals surface area contributed by atoms with Crippen LogP contribution < -0.4 is 10.2 Å². The van der Waals surface area contributed by atoms with Crippen LogP contribution in [-0.2, 0) is 6.42 Å². The number of carbonyl (C=O) groups is 1. The molecule has 1 aromatic heterocycles. The van der Waals surface area contributed by atoms with E-state index in [1.165, 1.54) is 31.2 Å². The van der Waals surface area contributed by atoms with Crippen molar-refractivity contribution in [2.45, 2.75) is 32.1 Å². The van der Waals surface area contributed by atoms with Gasteiger partial charge in [-0.15, -0.1) is 0 Å². The smallest absolute Gasteiger partial charge is 0.259 e. The molecule has 1 fully saturated rings. The van der Waals surface area contributed by atoms with Crippen LogP contribution in [0.25, 0.3) is 0 Å². The van der Waals surface area contributed by atoms with Crippen molar-refractivity contribution in [2.24, 2.45) is 5.41 Å². The fourth-order valence-corrected chi connectivity index (χ4v) is 4.79. The SMILES string of the molecule is CN(C)CC1(CNc2ccc(C(=O)N3CCc4ccccc43)cn2)CCCC1. The van der Waals surface area contributed by atoms with E-state index in [-0.39, 0.29) is 5.91 Å². The number of fused-ring (bicyclic) bond motifs is 1. The van der Waals surface area contributed by atoms with Gasteiger partial charge < -0.3 is 15.1 Å². The van der Waals surface area contributed by atoms with Gasteiger partial charge in [-0.2, -0.15) is 0 Å². The Bertz CT molecular complexity index is 825. The Morgan fingerprint density at radius 3 is 2.68 bits per heavy atom. The van der Waals surface area contributed by atoms with E-state index in [1.54, 1.807) is 6.20 Å². The zero-order chi connectivity index (χ0) is 19.6. The molecule has 1 aliphatic heterocycles. The average molecular weight is 379 g/mol. The van der Waals surface area contributed by atoms with E-state index in [1.807, 2.05) is 35.2 Å². The van der Waals surface area contributed by atoms with Crippen LogP contribution in [0.1, 0.15) is 41.6 Å². The molecule has 5 nitrogen and oxygen atoms in total. The standard InChI is InChI=1S/C23H30N4O/c1-26(2)17-23(12-5-6-13-23)16-25-21-10-9-19(15-24-21)22(28)27-14-11-18-7-3-4-8-20(18)27/h3-4,7-10,15H,5-6,11-14,16-17H2,1-2H3,(H,24,25). The molecule has 0 radical (unpaired) electrons. The van der Waals surface area contributed by atoms with Crippen molar-refractivity contribution in [1.29, 1.82) is 0 Å². The van der Waals surface area contributed by atoms with Crippen molar-refractivity contribution in [3.63, 3.8) is 0 Å². The van der Waals surface area contributed by atoms with Gasteiger partial charge in [0.05, 0.1) is 5.56 Å². The number of nitrogens with one attached hydrogen (secondary N) is 1. The van der Waals surface area contributed by atoms with E-state index in [9.17, 15) is 4.79 Å². The van der Waals surface area contributed by atoms with Gasteiger partial charge in [-0.3, -0.25) is 4.79 Å². The third kappa shape index (κ3) is 3.90. The summed E-state index contributed by atoms with van der Waals surface area (Å²) in [5.41, 5.74) is 3.25. The molecule has 5 heteroatoms. The predicted molar refractivity (Wildman–Crippen MR) is 114 cm³/mol. The molecule has 2 aromatic rings. The van der Waals surface area contributed by atoms with Crippen LogP contribution in [0.3, 0.4) is 0 Å². The Morgan fingerprint density at radius 1 is 1.18 bits per heavy atom. The number of benzene rings is 1. The van der Waals surface area contributed by atoms with Crippen molar-refractivity contribution in [3.05, 3.63) is 53.7 Å². The van der Waals surface area contributed by atoms with Crippen LogP contribution in [0.4, 0.5) is 11.5 Å². The van der Waals surface area contributed by atoms with E-state index in [2.05, 4.69) is 35.4 Å². The molecule has 148 valence electrons. The van der Waals surface area contributed by atoms with Gasteiger partial charge >= 0.3 is 0 Å². The number of aromatic nitrogens is 1. The van der Waals surface area contributed by atoms with Gasteiger partial charge in [0.25, 0.3) is 5.91 Å². The molecule has 1 aromatic carbocycles. The number of nitrogens with zero attached hydrogens (tertiary/aromatic N) is 3. The first-order chi connectivity index (χ1) is 13.6. The minimum atomic E-state index is 0.0314. The first kappa shape index (κ1) is 18.9. The van der Waals surface area contributed by atoms with Crippen LogP contribution in [-0.4, -0.2) is 49.5 Å². The molecule has 2 heterocycles. The van der Waals surface area contributed by atoms with Crippen LogP contribution in [0.5, 0.6) is 0 Å². The maximum absolute atomic E-state index is 12.9. The number of rotatable bonds is 6. The highest BCUT2D eigenvalue weighted by Gasteiger charge is 2.34. The molecular formula is C23H30N4O. The van der Waals surface area contributed by atoms with Crippen LogP contribution in [0, 0.1) is 5.41 Å². The van der Waals surface area contributed by atoms with Gasteiger partial charge in [0.2, 0.25) is 0 Å². The second kappa shape index (κ2) is 7.92. The Morgan fingerprint density at radius 2 is 1.96 bits per heavy atom. The monoisotopic (exact) mass is 378 g/mol. The third-order valence-corrected chi connectivity index (χ3v) is 6.10. The maximum atomic E-state index is 12.9. The molecular weight excluding hydrogens is 348 g/mol. The number of hydrogen-bond acceptors (Lipinski definition) is 4. The molecule has 0 saturated heterocycles. The summed E-state index contributed by atoms with van der Waals surface area (Å²) in [6.45, 7) is 2.78. The Labute approximate surface area is 167 Å². The van der Waals surface area contributed by atoms with E-state index in [0.29, 0.717) is 11.0 Å². The van der Waals surface area contributed by atoms with Crippen molar-refractivity contribution in [2.75, 3.05) is 43.9 Å². The molecule has 0 bridgehead atoms. The highest BCUT2D eigenvalue weighted by Crippen LogP contribution is 2.38. The molecule has 1 saturated carbocycles. The second-order valence-electron chi connectivity index (χ2n) is 8.57. The van der Waals surface area contributed by atoms with Crippen LogP contribution in [0.2, 0.25) is 0 Å². The lowest BCUT2D eigenvalue weighted by Crippen LogP contribution is -2.37. The summed E-state index contributed by atoms with van der Waals surface area (Å²) >= 11 is 0. The molecule has 0 unspecified atom stereocenters. The van der Waals surface area contributed by atoms with Gasteiger partial charge in [-0.1, -0.05) is 31.0 Å². The third-order valence-electron chi connectivity index (χ3n) is 6.10. The van der Waals surface area contributed by atoms with Gasteiger partial charge in [0.15, 0.2) is 0 Å². The summed E-state index contributed by atoms with van der Waals surface area (Å²) in [6.07, 6.45) is 7.79. The number of hydrogen-bond donors (Lipinski definition) is 1. The topological polar surface area (TPSA) is 48.5 Å². The maximum Gasteiger partial charge on any atom is 0.259 e. The number of carbonyl (C=O) groups excluding carboxylic acids is 1. The average Bonchev–Trinajstić information content (AvgIpc) is 3.33. The van der Waals surface area contributed by atoms with E-state index < -0.39 is 0 Å². The van der Waals surface area contributed by atoms with E-state index in [0.717, 1.165) is 37.6 Å². The molecule has 2 aliphatic rings. The Hall–Kier alpha value is -2.40. The summed E-state index contributed by atoms with van der Waals surface area (Å²) in [6, 6.07) is 12.0. The quantitative estimate of drug-likeness (QED) is 0.830. The number of para-hydroxylation sites is 1. The first-order valence-corrected chi connectivity index (χ1v) is 10.3. The molecule has 28 heavy (non-hydrogen) atoms. The zero-order valence-corrected chi connectivity index (χ0v) is 16.9. The van der Waals surface area contributed by atoms with Crippen molar-refractivity contribution < 1.29 is 4.79 Å². The molecule has 0 spiro atoms.